The number of aliphatic hydroxyl groups excluding tert-OH is 1. The fourth-order valence-corrected chi connectivity index (χ4v) is 7.37. The highest BCUT2D eigenvalue weighted by Crippen LogP contribution is 2.55. The maximum Gasteiger partial charge on any atom is 0.473 e. The van der Waals surface area contributed by atoms with E-state index in [1.54, 1.807) is 0 Å². The van der Waals surface area contributed by atoms with Crippen molar-refractivity contribution in [2.24, 2.45) is 0 Å². The minimum absolute atomic E-state index is 0.0254. The van der Waals surface area contributed by atoms with E-state index in [0.717, 1.165) is 28.1 Å². The van der Waals surface area contributed by atoms with Crippen molar-refractivity contribution in [3.8, 4) is 0 Å². The third-order valence-corrected chi connectivity index (χ3v) is 9.70. The van der Waals surface area contributed by atoms with Crippen LogP contribution in [0.4, 0.5) is 24.9 Å². The number of hydrogen-bond acceptors (Lipinski definition) is 17. The molecule has 4 aromatic heterocycles. The van der Waals surface area contributed by atoms with Gasteiger partial charge in [0.25, 0.3) is 5.56 Å². The number of nitrogens with two attached hydrogens (primary N) is 2. The number of ether oxygens (including phenoxy) is 2. The molecule has 0 aromatic carbocycles. The first kappa shape index (κ1) is 34.8. The molecule has 0 radical (unpaired) electrons. The zero-order chi connectivity index (χ0) is 36.5. The number of phosphoric ester groups is 2. The van der Waals surface area contributed by atoms with Gasteiger partial charge in [0.05, 0.1) is 6.61 Å². The van der Waals surface area contributed by atoms with Crippen molar-refractivity contribution < 1.29 is 64.8 Å². The van der Waals surface area contributed by atoms with Crippen LogP contribution in [-0.2, 0) is 36.7 Å². The van der Waals surface area contributed by atoms with Gasteiger partial charge >= 0.3 is 21.8 Å². The van der Waals surface area contributed by atoms with Gasteiger partial charge in [-0.3, -0.25) is 32.4 Å². The van der Waals surface area contributed by atoms with Crippen LogP contribution < -0.4 is 17.0 Å². The second kappa shape index (κ2) is 12.6. The molecule has 7 rings (SSSR count). The highest BCUT2D eigenvalue weighted by Gasteiger charge is 2.49. The number of fused-ring (bicyclic) bond motifs is 4. The lowest BCUT2D eigenvalue weighted by Crippen LogP contribution is -2.32. The summed E-state index contributed by atoms with van der Waals surface area (Å²) in [6.07, 6.45) is -10.6. The Balaban J connectivity index is 1.26. The second-order valence-electron chi connectivity index (χ2n) is 11.2. The van der Waals surface area contributed by atoms with Crippen molar-refractivity contribution in [1.82, 2.24) is 39.0 Å². The van der Waals surface area contributed by atoms with E-state index in [-0.39, 0.29) is 39.7 Å². The van der Waals surface area contributed by atoms with E-state index in [0.29, 0.717) is 0 Å². The number of phosphoric acid groups is 2. The van der Waals surface area contributed by atoms with E-state index in [4.69, 9.17) is 39.0 Å². The summed E-state index contributed by atoms with van der Waals surface area (Å²) in [5.74, 6) is -2.04. The van der Waals surface area contributed by atoms with Gasteiger partial charge < -0.3 is 35.8 Å². The fraction of sp³-hybridized carbons (Fsp3) is 0.417. The predicted octanol–water partition coefficient (Wildman–Crippen LogP) is 1.74. The molecule has 4 aromatic rings. The number of aromatic amines is 1. The Kier molecular flexibility index (Phi) is 8.57. The Morgan fingerprint density at radius 3 is 2.47 bits per heavy atom. The highest BCUT2D eigenvalue weighted by atomic mass is 31.2. The number of nitrogens with zero attached hydrogens (tertiary/aromatic N) is 7. The number of aliphatic hydroxyl groups is 1. The van der Waals surface area contributed by atoms with Crippen LogP contribution in [0.1, 0.15) is 25.5 Å². The number of halogens is 3. The van der Waals surface area contributed by atoms with Crippen LogP contribution in [0.15, 0.2) is 40.9 Å². The first-order valence-electron chi connectivity index (χ1n) is 14.5. The van der Waals surface area contributed by atoms with Crippen molar-refractivity contribution in [1.29, 1.82) is 0 Å². The van der Waals surface area contributed by atoms with E-state index in [1.807, 2.05) is 0 Å². The lowest BCUT2D eigenvalue weighted by Gasteiger charge is -2.26. The number of nitrogen functional groups attached to an aromatic ring is 2. The maximum atomic E-state index is 13.5. The number of imidazole rings is 2. The van der Waals surface area contributed by atoms with Crippen LogP contribution in [0, 0.1) is 0 Å². The molecule has 3 aliphatic rings. The van der Waals surface area contributed by atoms with Crippen molar-refractivity contribution in [2.75, 3.05) is 24.7 Å². The molecule has 51 heavy (non-hydrogen) atoms. The molecular weight excluding hydrogens is 739 g/mol. The average Bonchev–Trinajstić information content (AvgIpc) is 3.80. The van der Waals surface area contributed by atoms with E-state index < -0.39 is 102 Å². The molecule has 3 aliphatic heterocycles. The summed E-state index contributed by atoms with van der Waals surface area (Å²) in [6, 6.07) is 0. The number of alkyl halides is 3. The number of nitrogens with one attached hydrogen (secondary N) is 1. The molecule has 274 valence electrons. The van der Waals surface area contributed by atoms with Crippen molar-refractivity contribution in [3.05, 3.63) is 46.4 Å². The second-order valence-corrected chi connectivity index (χ2v) is 14.0. The van der Waals surface area contributed by atoms with Crippen molar-refractivity contribution >= 4 is 55.6 Å². The smallest absolute Gasteiger partial charge is 0.473 e. The first-order chi connectivity index (χ1) is 24.0. The lowest BCUT2D eigenvalue weighted by molar-refractivity contribution is -0.135. The standard InChI is InChI=1S/C24H25F3N10O12P2/c25-24(26,27)3-1-2-9-10-4-44-51(42,43)49-16-11(47-21(14(16)38)36-7-32-12-17(28)30-6-31-18(12)36)5-45-50(40,41)48-15(9)22(46-10)37-8-33-13-19(37)34-23(29)35-20(13)39/h6-8,11,15-16,22,38H,1-5H2,(H,40,41)(H,42,43)(H2,28,30,31)(H3,29,34,35,39)/t11-,15?,16?,22-/m1/s1. The molecular formula is C24H25F3N10O12P2. The van der Waals surface area contributed by atoms with Crippen molar-refractivity contribution in [2.45, 2.75) is 50.0 Å². The minimum atomic E-state index is -5.29. The quantitative estimate of drug-likeness (QED) is 0.158. The van der Waals surface area contributed by atoms with E-state index in [9.17, 15) is 42.0 Å². The van der Waals surface area contributed by atoms with Gasteiger partial charge in [0.15, 0.2) is 52.2 Å². The molecule has 4 unspecified atom stereocenters. The van der Waals surface area contributed by atoms with Gasteiger partial charge in [0, 0.05) is 12.0 Å². The van der Waals surface area contributed by atoms with Crippen LogP contribution in [0.3, 0.4) is 0 Å². The van der Waals surface area contributed by atoms with Gasteiger partial charge in [0.1, 0.15) is 31.3 Å². The highest BCUT2D eigenvalue weighted by molar-refractivity contribution is 7.47. The van der Waals surface area contributed by atoms with Gasteiger partial charge in [-0.25, -0.2) is 33.6 Å². The monoisotopic (exact) mass is 764 g/mol. The van der Waals surface area contributed by atoms with Gasteiger partial charge in [-0.05, 0) is 12.8 Å². The van der Waals surface area contributed by atoms with Gasteiger partial charge in [-0.1, -0.05) is 0 Å². The van der Waals surface area contributed by atoms with E-state index >= 15 is 0 Å². The molecule has 2 bridgehead atoms. The molecule has 0 saturated carbocycles. The SMILES string of the molecule is Nc1nc2c(ncn2[C@@H]2OC3=C(CCCC(F)(F)F)C2OP(=O)(O)OC[C@H]2OC(n4cnc5c(N)ncnc54)=C(O)C2OP(=O)(O)OC3)c(=O)[nH]1. The summed E-state index contributed by atoms with van der Waals surface area (Å²) in [5, 5.41) is 11.1. The maximum absolute atomic E-state index is 13.5. The van der Waals surface area contributed by atoms with Crippen LogP contribution in [0.2, 0.25) is 0 Å². The predicted molar refractivity (Wildman–Crippen MR) is 161 cm³/mol. The molecule has 0 spiro atoms. The zero-order valence-corrected chi connectivity index (χ0v) is 27.2. The molecule has 6 atom stereocenters. The van der Waals surface area contributed by atoms with Crippen LogP contribution in [0.25, 0.3) is 28.2 Å². The zero-order valence-electron chi connectivity index (χ0n) is 25.4. The molecule has 7 heterocycles. The molecule has 0 amide bonds. The van der Waals surface area contributed by atoms with Gasteiger partial charge in [0.2, 0.25) is 18.1 Å². The van der Waals surface area contributed by atoms with Crippen LogP contribution >= 0.6 is 15.6 Å². The fourth-order valence-electron chi connectivity index (χ4n) is 5.59. The average molecular weight is 764 g/mol. The lowest BCUT2D eigenvalue weighted by atomic mass is 10.0. The Labute approximate surface area is 280 Å². The Bertz CT molecular complexity index is 2260. The number of rotatable bonds is 5. The van der Waals surface area contributed by atoms with E-state index in [1.165, 1.54) is 0 Å². The summed E-state index contributed by atoms with van der Waals surface area (Å²) in [5.41, 5.74) is 10.2. The summed E-state index contributed by atoms with van der Waals surface area (Å²) < 4.78 is 101. The largest absolute Gasteiger partial charge is 0.505 e. The van der Waals surface area contributed by atoms with Gasteiger partial charge in [-0.15, -0.1) is 0 Å². The number of H-pyrrole nitrogens is 1. The van der Waals surface area contributed by atoms with Crippen LogP contribution in [-0.4, -0.2) is 91.6 Å². The van der Waals surface area contributed by atoms with Crippen LogP contribution in [0.5, 0.6) is 0 Å². The van der Waals surface area contributed by atoms with Gasteiger partial charge in [-0.2, -0.15) is 18.2 Å². The van der Waals surface area contributed by atoms with Crippen molar-refractivity contribution in [3.63, 3.8) is 0 Å². The number of hydrogen-bond donors (Lipinski definition) is 6. The molecule has 8 N–H and O–H groups in total. The van der Waals surface area contributed by atoms with E-state index in [2.05, 4.69) is 29.9 Å². The topological polar surface area (TPSA) is 309 Å². The number of anilines is 2. The molecule has 22 nitrogen and oxygen atoms in total. The molecule has 0 fully saturated rings. The third-order valence-electron chi connectivity index (χ3n) is 7.78. The summed E-state index contributed by atoms with van der Waals surface area (Å²) in [7, 11) is -10.5. The third kappa shape index (κ3) is 6.77. The number of aromatic nitrogens is 8. The normalized spacial score (nSPS) is 29.0. The Morgan fingerprint density at radius 2 is 1.71 bits per heavy atom. The Hall–Kier alpha value is -4.61. The Morgan fingerprint density at radius 1 is 0.980 bits per heavy atom. The first-order valence-corrected chi connectivity index (χ1v) is 17.5. The minimum Gasteiger partial charge on any atom is -0.505 e. The summed E-state index contributed by atoms with van der Waals surface area (Å²) in [4.78, 5) is 56.2. The molecule has 0 aliphatic carbocycles. The molecule has 0 saturated heterocycles. The summed E-state index contributed by atoms with van der Waals surface area (Å²) in [6.45, 7) is -1.93. The summed E-state index contributed by atoms with van der Waals surface area (Å²) >= 11 is 0. The molecule has 27 heteroatoms.